The average molecular weight is 518 g/mol. The Morgan fingerprint density at radius 1 is 1.17 bits per heavy atom. The smallest absolute Gasteiger partial charge is 0.335 e. The van der Waals surface area contributed by atoms with Crippen molar-refractivity contribution < 1.29 is 32.6 Å². The summed E-state index contributed by atoms with van der Waals surface area (Å²) in [6.07, 6.45) is 0.358. The molecule has 0 amide bonds. The minimum Gasteiger partial charge on any atom is -0.618 e. The summed E-state index contributed by atoms with van der Waals surface area (Å²) in [7, 11) is 0. The van der Waals surface area contributed by atoms with Gasteiger partial charge in [-0.25, -0.2) is 18.0 Å². The summed E-state index contributed by atoms with van der Waals surface area (Å²) in [6.45, 7) is 1.64. The predicted molar refractivity (Wildman–Crippen MR) is 128 cm³/mol. The molecule has 3 aromatic rings. The van der Waals surface area contributed by atoms with Crippen LogP contribution in [0.2, 0.25) is 5.02 Å². The van der Waals surface area contributed by atoms with Crippen LogP contribution in [-0.2, 0) is 11.2 Å². The minimum absolute atomic E-state index is 0.00166. The van der Waals surface area contributed by atoms with Crippen LogP contribution >= 0.6 is 11.6 Å². The van der Waals surface area contributed by atoms with E-state index in [9.17, 15) is 33.1 Å². The van der Waals surface area contributed by atoms with Gasteiger partial charge < -0.3 is 10.3 Å². The van der Waals surface area contributed by atoms with Gasteiger partial charge in [-0.05, 0) is 48.6 Å². The van der Waals surface area contributed by atoms with Crippen molar-refractivity contribution >= 4 is 23.4 Å². The quantitative estimate of drug-likeness (QED) is 0.262. The average Bonchev–Trinajstić information content (AvgIpc) is 3.63. The van der Waals surface area contributed by atoms with Crippen molar-refractivity contribution in [2.24, 2.45) is 5.92 Å². The van der Waals surface area contributed by atoms with Gasteiger partial charge in [0.05, 0.1) is 16.1 Å². The number of carboxylic acid groups (broad SMARTS) is 1. The Hall–Kier alpha value is -3.39. The van der Waals surface area contributed by atoms with E-state index in [2.05, 4.69) is 0 Å². The fourth-order valence-electron chi connectivity index (χ4n) is 4.46. The normalized spacial score (nSPS) is 14.2. The summed E-state index contributed by atoms with van der Waals surface area (Å²) in [6, 6.07) is 9.44. The third-order valence-corrected chi connectivity index (χ3v) is 6.80. The van der Waals surface area contributed by atoms with Crippen LogP contribution in [0.25, 0.3) is 11.1 Å². The van der Waals surface area contributed by atoms with Gasteiger partial charge in [0.1, 0.15) is 11.7 Å². The Morgan fingerprint density at radius 3 is 2.47 bits per heavy atom. The fourth-order valence-corrected chi connectivity index (χ4v) is 4.61. The molecule has 1 N–H and O–H groups in total. The molecular weight excluding hydrogens is 495 g/mol. The number of carbonyl (C=O) groups excluding carboxylic acids is 1. The summed E-state index contributed by atoms with van der Waals surface area (Å²) < 4.78 is 42.2. The molecule has 1 unspecified atom stereocenters. The molecule has 0 spiro atoms. The summed E-state index contributed by atoms with van der Waals surface area (Å²) in [5, 5.41) is 21.9. The molecule has 1 fully saturated rings. The maximum absolute atomic E-state index is 14.7. The topological polar surface area (TPSA) is 81.3 Å². The van der Waals surface area contributed by atoms with Crippen LogP contribution in [0.1, 0.15) is 64.3 Å². The van der Waals surface area contributed by atoms with E-state index in [-0.39, 0.29) is 34.0 Å². The number of pyridine rings is 1. The van der Waals surface area contributed by atoms with Crippen LogP contribution in [0.15, 0.2) is 48.7 Å². The molecule has 4 rings (SSSR count). The zero-order chi connectivity index (χ0) is 26.1. The Kier molecular flexibility index (Phi) is 7.36. The van der Waals surface area contributed by atoms with Gasteiger partial charge in [-0.2, -0.15) is 4.73 Å². The lowest BCUT2D eigenvalue weighted by molar-refractivity contribution is -0.614. The number of Topliss-reactive ketones (excluding diaryl/α,β-unsaturated/α-hetero) is 1. The lowest BCUT2D eigenvalue weighted by Gasteiger charge is -2.17. The molecule has 5 nitrogen and oxygen atoms in total. The second-order valence-corrected chi connectivity index (χ2v) is 9.53. The van der Waals surface area contributed by atoms with Crippen molar-refractivity contribution in [2.75, 3.05) is 0 Å². The van der Waals surface area contributed by atoms with Gasteiger partial charge >= 0.3 is 5.97 Å². The highest BCUT2D eigenvalue weighted by Gasteiger charge is 2.35. The van der Waals surface area contributed by atoms with Crippen LogP contribution in [-0.4, -0.2) is 16.9 Å². The van der Waals surface area contributed by atoms with Crippen LogP contribution in [0, 0.1) is 23.9 Å². The van der Waals surface area contributed by atoms with Crippen molar-refractivity contribution in [3.05, 3.63) is 92.7 Å². The van der Waals surface area contributed by atoms with E-state index in [1.165, 1.54) is 18.2 Å². The van der Waals surface area contributed by atoms with Crippen LogP contribution in [0.3, 0.4) is 0 Å². The second kappa shape index (κ2) is 10.3. The molecule has 1 heterocycles. The molecule has 1 aromatic heterocycles. The molecule has 188 valence electrons. The van der Waals surface area contributed by atoms with Gasteiger partial charge in [0.25, 0.3) is 6.43 Å². The standard InChI is InChI=1S/C27H23ClF3NO4/c1-14-10-16(4-6-18(14)27(34)35)12-23(33)20(11-15-2-3-15)22-9-5-17(13-32(22)36)24-19(26(30)31)7-8-21(28)25(24)29/h4-10,13,15,20,26H,2-3,11-12H2,1H3,(H,34,35). The molecule has 1 saturated carbocycles. The number of carbonyl (C=O) groups is 2. The Morgan fingerprint density at radius 2 is 1.89 bits per heavy atom. The summed E-state index contributed by atoms with van der Waals surface area (Å²) in [5.41, 5.74) is 0.332. The number of aromatic nitrogens is 1. The molecule has 36 heavy (non-hydrogen) atoms. The fraction of sp³-hybridized carbons (Fsp3) is 0.296. The largest absolute Gasteiger partial charge is 0.618 e. The minimum atomic E-state index is -2.98. The SMILES string of the molecule is Cc1cc(CC(=O)C(CC2CC2)c2ccc(-c3c(C(F)F)ccc(Cl)c3F)c[n+]2[O-])ccc1C(=O)O. The Balaban J connectivity index is 1.67. The number of alkyl halides is 2. The highest BCUT2D eigenvalue weighted by atomic mass is 35.5. The van der Waals surface area contributed by atoms with E-state index in [1.807, 2.05) is 0 Å². The predicted octanol–water partition coefficient (Wildman–Crippen LogP) is 6.42. The molecule has 1 aliphatic carbocycles. The third kappa shape index (κ3) is 5.38. The van der Waals surface area contributed by atoms with E-state index < -0.39 is 35.3 Å². The zero-order valence-corrected chi connectivity index (χ0v) is 20.1. The number of ketones is 1. The maximum Gasteiger partial charge on any atom is 0.335 e. The third-order valence-electron chi connectivity index (χ3n) is 6.51. The molecule has 1 atom stereocenters. The first-order chi connectivity index (χ1) is 17.1. The number of hydrogen-bond donors (Lipinski definition) is 1. The van der Waals surface area contributed by atoms with Crippen molar-refractivity contribution in [3.8, 4) is 11.1 Å². The number of nitrogens with zero attached hydrogens (tertiary/aromatic N) is 1. The van der Waals surface area contributed by atoms with Gasteiger partial charge in [0, 0.05) is 23.6 Å². The number of halogens is 4. The number of aryl methyl sites for hydroxylation is 1. The summed E-state index contributed by atoms with van der Waals surface area (Å²) >= 11 is 5.80. The van der Waals surface area contributed by atoms with Crippen LogP contribution in [0.5, 0.6) is 0 Å². The van der Waals surface area contributed by atoms with Gasteiger partial charge in [0.15, 0.2) is 12.0 Å². The van der Waals surface area contributed by atoms with E-state index in [1.54, 1.807) is 19.1 Å². The maximum atomic E-state index is 14.7. The molecule has 2 aromatic carbocycles. The van der Waals surface area contributed by atoms with E-state index in [0.29, 0.717) is 28.2 Å². The Bertz CT molecular complexity index is 1340. The number of benzene rings is 2. The number of aromatic carboxylic acids is 1. The monoisotopic (exact) mass is 517 g/mol. The molecule has 9 heteroatoms. The van der Waals surface area contributed by atoms with Gasteiger partial charge in [0.2, 0.25) is 5.69 Å². The molecule has 0 radical (unpaired) electrons. The lowest BCUT2D eigenvalue weighted by Crippen LogP contribution is -2.36. The summed E-state index contributed by atoms with van der Waals surface area (Å²) in [5.74, 6) is -2.78. The van der Waals surface area contributed by atoms with Crippen LogP contribution < -0.4 is 4.73 Å². The van der Waals surface area contributed by atoms with Crippen molar-refractivity contribution in [2.45, 2.75) is 45.0 Å². The van der Waals surface area contributed by atoms with E-state index in [4.69, 9.17) is 11.6 Å². The number of hydrogen-bond acceptors (Lipinski definition) is 3. The Labute approximate surface area is 210 Å². The highest BCUT2D eigenvalue weighted by molar-refractivity contribution is 6.31. The highest BCUT2D eigenvalue weighted by Crippen LogP contribution is 2.40. The van der Waals surface area contributed by atoms with Crippen molar-refractivity contribution in [1.29, 1.82) is 0 Å². The zero-order valence-electron chi connectivity index (χ0n) is 19.3. The van der Waals surface area contributed by atoms with Crippen LogP contribution in [0.4, 0.5) is 13.2 Å². The van der Waals surface area contributed by atoms with Crippen molar-refractivity contribution in [1.82, 2.24) is 0 Å². The molecule has 0 aliphatic heterocycles. The number of carboxylic acids is 1. The molecular formula is C27H23ClF3NO4. The van der Waals surface area contributed by atoms with Gasteiger partial charge in [-0.3, -0.25) is 4.79 Å². The van der Waals surface area contributed by atoms with Gasteiger partial charge in [-0.1, -0.05) is 42.6 Å². The first-order valence-corrected chi connectivity index (χ1v) is 11.8. The molecule has 1 aliphatic rings. The number of rotatable bonds is 9. The van der Waals surface area contributed by atoms with E-state index in [0.717, 1.165) is 31.2 Å². The molecule has 0 bridgehead atoms. The first kappa shape index (κ1) is 25.7. The summed E-state index contributed by atoms with van der Waals surface area (Å²) in [4.78, 5) is 24.6. The lowest BCUT2D eigenvalue weighted by atomic mass is 9.88. The van der Waals surface area contributed by atoms with E-state index >= 15 is 0 Å². The second-order valence-electron chi connectivity index (χ2n) is 9.12. The van der Waals surface area contributed by atoms with Gasteiger partial charge in [-0.15, -0.1) is 0 Å². The first-order valence-electron chi connectivity index (χ1n) is 11.4. The van der Waals surface area contributed by atoms with Crippen molar-refractivity contribution in [3.63, 3.8) is 0 Å². The molecule has 0 saturated heterocycles.